The maximum Gasteiger partial charge on any atom is 0.240 e. The maximum absolute atomic E-state index is 12.3. The smallest absolute Gasteiger partial charge is 0.240 e. The van der Waals surface area contributed by atoms with Crippen LogP contribution in [0.4, 0.5) is 5.69 Å². The Kier molecular flexibility index (Phi) is 5.08. The molecule has 1 atom stereocenters. The normalized spacial score (nSPS) is 17.8. The van der Waals surface area contributed by atoms with Crippen molar-refractivity contribution >= 4 is 15.7 Å². The summed E-state index contributed by atoms with van der Waals surface area (Å²) in [5.74, 6) is 0.472. The molecule has 1 aromatic carbocycles. The Morgan fingerprint density at radius 3 is 2.62 bits per heavy atom. The SMILES string of the molecule is COc1ccc(S(=O)(=O)NCC(C)N2CCCC2)cc1N. The molecule has 7 heteroatoms. The molecule has 1 heterocycles. The second-order valence-corrected chi connectivity index (χ2v) is 7.11. The van der Waals surface area contributed by atoms with Gasteiger partial charge in [0.25, 0.3) is 0 Å². The molecule has 1 aliphatic heterocycles. The molecule has 1 aromatic rings. The van der Waals surface area contributed by atoms with Gasteiger partial charge in [-0.05, 0) is 51.1 Å². The highest BCUT2D eigenvalue weighted by Gasteiger charge is 2.21. The van der Waals surface area contributed by atoms with Crippen molar-refractivity contribution in [3.63, 3.8) is 0 Å². The number of anilines is 1. The first-order valence-corrected chi connectivity index (χ1v) is 8.59. The Hall–Kier alpha value is -1.31. The van der Waals surface area contributed by atoms with E-state index in [4.69, 9.17) is 10.5 Å². The topological polar surface area (TPSA) is 84.7 Å². The number of methoxy groups -OCH3 is 1. The lowest BCUT2D eigenvalue weighted by Gasteiger charge is -2.23. The number of benzene rings is 1. The Labute approximate surface area is 126 Å². The first-order valence-electron chi connectivity index (χ1n) is 7.11. The van der Waals surface area contributed by atoms with E-state index in [-0.39, 0.29) is 10.9 Å². The van der Waals surface area contributed by atoms with Crippen molar-refractivity contribution in [3.05, 3.63) is 18.2 Å². The van der Waals surface area contributed by atoms with Gasteiger partial charge in [0, 0.05) is 12.6 Å². The second-order valence-electron chi connectivity index (χ2n) is 5.35. The van der Waals surface area contributed by atoms with Gasteiger partial charge in [-0.1, -0.05) is 0 Å². The highest BCUT2D eigenvalue weighted by atomic mass is 32.2. The van der Waals surface area contributed by atoms with Crippen LogP contribution in [0.25, 0.3) is 0 Å². The number of likely N-dealkylation sites (tertiary alicyclic amines) is 1. The summed E-state index contributed by atoms with van der Waals surface area (Å²) in [6.07, 6.45) is 2.37. The zero-order chi connectivity index (χ0) is 15.5. The molecular formula is C14H23N3O3S. The van der Waals surface area contributed by atoms with Crippen molar-refractivity contribution in [2.24, 2.45) is 0 Å². The van der Waals surface area contributed by atoms with Gasteiger partial charge in [-0.15, -0.1) is 0 Å². The molecule has 6 nitrogen and oxygen atoms in total. The van der Waals surface area contributed by atoms with Gasteiger partial charge in [0.15, 0.2) is 0 Å². The largest absolute Gasteiger partial charge is 0.495 e. The number of nitrogens with two attached hydrogens (primary N) is 1. The monoisotopic (exact) mass is 313 g/mol. The lowest BCUT2D eigenvalue weighted by molar-refractivity contribution is 0.260. The number of nitrogens with one attached hydrogen (secondary N) is 1. The van der Waals surface area contributed by atoms with E-state index in [1.54, 1.807) is 6.07 Å². The van der Waals surface area contributed by atoms with E-state index in [0.29, 0.717) is 18.0 Å². The third-order valence-electron chi connectivity index (χ3n) is 3.84. The van der Waals surface area contributed by atoms with Gasteiger partial charge in [-0.3, -0.25) is 4.90 Å². The molecule has 0 bridgehead atoms. The van der Waals surface area contributed by atoms with Crippen LogP contribution >= 0.6 is 0 Å². The van der Waals surface area contributed by atoms with Crippen LogP contribution in [0.1, 0.15) is 19.8 Å². The van der Waals surface area contributed by atoms with Crippen LogP contribution < -0.4 is 15.2 Å². The van der Waals surface area contributed by atoms with Crippen molar-refractivity contribution in [2.45, 2.75) is 30.7 Å². The first-order chi connectivity index (χ1) is 9.94. The summed E-state index contributed by atoms with van der Waals surface area (Å²) in [7, 11) is -2.05. The van der Waals surface area contributed by atoms with E-state index in [9.17, 15) is 8.42 Å². The zero-order valence-electron chi connectivity index (χ0n) is 12.5. The molecule has 21 heavy (non-hydrogen) atoms. The minimum absolute atomic E-state index is 0.162. The van der Waals surface area contributed by atoms with Crippen molar-refractivity contribution in [3.8, 4) is 5.75 Å². The lowest BCUT2D eigenvalue weighted by Crippen LogP contribution is -2.40. The highest BCUT2D eigenvalue weighted by Crippen LogP contribution is 2.24. The summed E-state index contributed by atoms with van der Waals surface area (Å²) in [6.45, 7) is 4.52. The van der Waals surface area contributed by atoms with Gasteiger partial charge in [0.1, 0.15) is 5.75 Å². The quantitative estimate of drug-likeness (QED) is 0.767. The summed E-state index contributed by atoms with van der Waals surface area (Å²) in [5, 5.41) is 0. The Bertz CT molecular complexity index is 583. The molecular weight excluding hydrogens is 290 g/mol. The fourth-order valence-electron chi connectivity index (χ4n) is 2.50. The van der Waals surface area contributed by atoms with Crippen LogP contribution in [0.15, 0.2) is 23.1 Å². The number of ether oxygens (including phenoxy) is 1. The number of hydrogen-bond acceptors (Lipinski definition) is 5. The number of hydrogen-bond donors (Lipinski definition) is 2. The summed E-state index contributed by atoms with van der Waals surface area (Å²) < 4.78 is 32.2. The van der Waals surface area contributed by atoms with Crippen molar-refractivity contribution in [1.29, 1.82) is 0 Å². The van der Waals surface area contributed by atoms with Gasteiger partial charge < -0.3 is 10.5 Å². The van der Waals surface area contributed by atoms with Gasteiger partial charge in [-0.25, -0.2) is 13.1 Å². The minimum Gasteiger partial charge on any atom is -0.495 e. The minimum atomic E-state index is -3.54. The lowest BCUT2D eigenvalue weighted by atomic mass is 10.3. The molecule has 1 aliphatic rings. The zero-order valence-corrected chi connectivity index (χ0v) is 13.3. The molecule has 1 fully saturated rings. The number of rotatable bonds is 6. The fourth-order valence-corrected chi connectivity index (χ4v) is 3.66. The predicted octanol–water partition coefficient (Wildman–Crippen LogP) is 1.04. The van der Waals surface area contributed by atoms with Crippen molar-refractivity contribution < 1.29 is 13.2 Å². The van der Waals surface area contributed by atoms with Gasteiger partial charge in [-0.2, -0.15) is 0 Å². The summed E-state index contributed by atoms with van der Waals surface area (Å²) in [6, 6.07) is 4.67. The molecule has 3 N–H and O–H groups in total. The highest BCUT2D eigenvalue weighted by molar-refractivity contribution is 7.89. The van der Waals surface area contributed by atoms with Crippen molar-refractivity contribution in [1.82, 2.24) is 9.62 Å². The van der Waals surface area contributed by atoms with Crippen molar-refractivity contribution in [2.75, 3.05) is 32.5 Å². The number of nitrogens with zero attached hydrogens (tertiary/aromatic N) is 1. The predicted molar refractivity (Wildman–Crippen MR) is 82.9 cm³/mol. The van der Waals surface area contributed by atoms with Crippen LogP contribution in [-0.2, 0) is 10.0 Å². The van der Waals surface area contributed by atoms with E-state index < -0.39 is 10.0 Å². The molecule has 0 spiro atoms. The molecule has 0 amide bonds. The van der Waals surface area contributed by atoms with E-state index in [1.807, 2.05) is 6.92 Å². The number of nitrogen functional groups attached to an aromatic ring is 1. The average Bonchev–Trinajstić information content (AvgIpc) is 2.99. The molecule has 1 unspecified atom stereocenters. The summed E-state index contributed by atoms with van der Waals surface area (Å²) in [5.41, 5.74) is 6.07. The molecule has 0 aliphatic carbocycles. The van der Waals surface area contributed by atoms with Gasteiger partial charge in [0.05, 0.1) is 17.7 Å². The third-order valence-corrected chi connectivity index (χ3v) is 5.27. The Morgan fingerprint density at radius 2 is 2.05 bits per heavy atom. The van der Waals surface area contributed by atoms with E-state index in [2.05, 4.69) is 9.62 Å². The van der Waals surface area contributed by atoms with Crippen LogP contribution in [0.2, 0.25) is 0 Å². The van der Waals surface area contributed by atoms with Crippen LogP contribution in [0.3, 0.4) is 0 Å². The Balaban J connectivity index is 2.02. The van der Waals surface area contributed by atoms with Gasteiger partial charge >= 0.3 is 0 Å². The van der Waals surface area contributed by atoms with E-state index >= 15 is 0 Å². The summed E-state index contributed by atoms with van der Waals surface area (Å²) >= 11 is 0. The second kappa shape index (κ2) is 6.64. The molecule has 0 radical (unpaired) electrons. The molecule has 118 valence electrons. The van der Waals surface area contributed by atoms with E-state index in [0.717, 1.165) is 13.1 Å². The first kappa shape index (κ1) is 16.1. The average molecular weight is 313 g/mol. The third kappa shape index (κ3) is 3.87. The molecule has 0 saturated carbocycles. The van der Waals surface area contributed by atoms with Crippen LogP contribution in [0.5, 0.6) is 5.75 Å². The molecule has 2 rings (SSSR count). The van der Waals surface area contributed by atoms with Crippen LogP contribution in [-0.4, -0.2) is 46.1 Å². The fraction of sp³-hybridized carbons (Fsp3) is 0.571. The van der Waals surface area contributed by atoms with E-state index in [1.165, 1.54) is 32.1 Å². The van der Waals surface area contributed by atoms with Gasteiger partial charge in [0.2, 0.25) is 10.0 Å². The summed E-state index contributed by atoms with van der Waals surface area (Å²) in [4.78, 5) is 2.46. The Morgan fingerprint density at radius 1 is 1.38 bits per heavy atom. The van der Waals surface area contributed by atoms with Crippen LogP contribution in [0, 0.1) is 0 Å². The molecule has 1 saturated heterocycles. The standard InChI is InChI=1S/C14H23N3O3S/c1-11(17-7-3-4-8-17)10-16-21(18,19)12-5-6-14(20-2)13(15)9-12/h5-6,9,11,16H,3-4,7-8,10,15H2,1-2H3. The number of sulfonamides is 1. The molecule has 0 aromatic heterocycles. The maximum atomic E-state index is 12.3.